The minimum Gasteiger partial charge on any atom is -0.381 e. The maximum Gasteiger partial charge on any atom is 0.157 e. The van der Waals surface area contributed by atoms with Crippen LogP contribution in [0.2, 0.25) is 0 Å². The van der Waals surface area contributed by atoms with Gasteiger partial charge < -0.3 is 10.1 Å². The van der Waals surface area contributed by atoms with Gasteiger partial charge in [-0.1, -0.05) is 44.9 Å². The number of amidine groups is 1. The van der Waals surface area contributed by atoms with Crippen LogP contribution in [0.15, 0.2) is 4.99 Å². The highest BCUT2D eigenvalue weighted by molar-refractivity contribution is 8.14. The van der Waals surface area contributed by atoms with E-state index in [2.05, 4.69) is 19.2 Å². The van der Waals surface area contributed by atoms with Crippen LogP contribution in [0.3, 0.4) is 0 Å². The number of ether oxygens (including phenoxy) is 1. The van der Waals surface area contributed by atoms with Crippen molar-refractivity contribution in [3.8, 4) is 0 Å². The van der Waals surface area contributed by atoms with Crippen LogP contribution in [0.4, 0.5) is 0 Å². The molecule has 0 aromatic heterocycles. The van der Waals surface area contributed by atoms with Gasteiger partial charge in [0, 0.05) is 31.1 Å². The van der Waals surface area contributed by atoms with Crippen LogP contribution in [0.1, 0.15) is 58.8 Å². The molecule has 0 radical (unpaired) electrons. The first-order valence-corrected chi connectivity index (χ1v) is 9.26. The highest BCUT2D eigenvalue weighted by atomic mass is 32.2. The van der Waals surface area contributed by atoms with Gasteiger partial charge in [0.2, 0.25) is 0 Å². The van der Waals surface area contributed by atoms with Gasteiger partial charge >= 0.3 is 0 Å². The Hall–Kier alpha value is -0.220. The van der Waals surface area contributed by atoms with Crippen molar-refractivity contribution >= 4 is 16.9 Å². The molecule has 0 aromatic carbocycles. The fourth-order valence-corrected chi connectivity index (χ4v) is 4.41. The normalized spacial score (nSPS) is 31.9. The van der Waals surface area contributed by atoms with Crippen LogP contribution >= 0.6 is 11.8 Å². The van der Waals surface area contributed by atoms with Crippen LogP contribution in [-0.4, -0.2) is 36.2 Å². The Kier molecular flexibility index (Phi) is 6.69. The van der Waals surface area contributed by atoms with Gasteiger partial charge in [-0.2, -0.15) is 0 Å². The number of aliphatic imine (C=N–C) groups is 1. The molecule has 1 saturated heterocycles. The van der Waals surface area contributed by atoms with Gasteiger partial charge in [-0.15, -0.1) is 0 Å². The smallest absolute Gasteiger partial charge is 0.157 e. The molecule has 4 heteroatoms. The van der Waals surface area contributed by atoms with E-state index in [0.717, 1.165) is 32.1 Å². The summed E-state index contributed by atoms with van der Waals surface area (Å²) in [7, 11) is 0. The van der Waals surface area contributed by atoms with Gasteiger partial charge in [0.15, 0.2) is 5.17 Å². The molecule has 2 atom stereocenters. The van der Waals surface area contributed by atoms with Crippen LogP contribution < -0.4 is 5.32 Å². The molecular formula is C16H30N2OS. The first-order valence-electron chi connectivity index (χ1n) is 8.27. The highest BCUT2D eigenvalue weighted by Crippen LogP contribution is 2.38. The van der Waals surface area contributed by atoms with E-state index in [1.54, 1.807) is 0 Å². The van der Waals surface area contributed by atoms with Gasteiger partial charge in [0.1, 0.15) is 0 Å². The number of nitrogens with zero attached hydrogens (tertiary/aromatic N) is 1. The predicted octanol–water partition coefficient (Wildman–Crippen LogP) is 3.83. The number of rotatable bonds is 7. The van der Waals surface area contributed by atoms with Crippen molar-refractivity contribution in [2.75, 3.05) is 25.5 Å². The highest BCUT2D eigenvalue weighted by Gasteiger charge is 2.40. The predicted molar refractivity (Wildman–Crippen MR) is 88.6 cm³/mol. The van der Waals surface area contributed by atoms with Crippen LogP contribution in [0, 0.1) is 5.92 Å². The third-order valence-corrected chi connectivity index (χ3v) is 5.49. The molecule has 1 saturated carbocycles. The molecule has 2 aliphatic rings. The third-order valence-electron chi connectivity index (χ3n) is 4.29. The summed E-state index contributed by atoms with van der Waals surface area (Å²) in [5.41, 5.74) is 0.360. The molecule has 0 aromatic rings. The molecule has 1 aliphatic heterocycles. The van der Waals surface area contributed by atoms with Crippen molar-refractivity contribution in [2.45, 2.75) is 64.3 Å². The molecule has 2 fully saturated rings. The lowest BCUT2D eigenvalue weighted by molar-refractivity contribution is 0.130. The van der Waals surface area contributed by atoms with E-state index in [1.165, 1.54) is 49.4 Å². The first-order chi connectivity index (χ1) is 9.74. The lowest BCUT2D eigenvalue weighted by Crippen LogP contribution is -2.47. The molecule has 116 valence electrons. The maximum absolute atomic E-state index is 5.57. The molecule has 0 amide bonds. The summed E-state index contributed by atoms with van der Waals surface area (Å²) in [5, 5.41) is 4.89. The summed E-state index contributed by atoms with van der Waals surface area (Å²) < 4.78 is 5.57. The zero-order valence-corrected chi connectivity index (χ0v) is 13.9. The zero-order chi connectivity index (χ0) is 14.3. The summed E-state index contributed by atoms with van der Waals surface area (Å²) in [4.78, 5) is 4.70. The van der Waals surface area contributed by atoms with Gasteiger partial charge in [-0.25, -0.2) is 0 Å². The van der Waals surface area contributed by atoms with E-state index >= 15 is 0 Å². The molecule has 1 spiro atoms. The first kappa shape index (κ1) is 16.2. The number of hydrogen-bond donors (Lipinski definition) is 1. The minimum atomic E-state index is 0.360. The maximum atomic E-state index is 5.57. The van der Waals surface area contributed by atoms with E-state index in [-0.39, 0.29) is 0 Å². The Balaban J connectivity index is 1.63. The Morgan fingerprint density at radius 3 is 3.05 bits per heavy atom. The lowest BCUT2D eigenvalue weighted by Gasteiger charge is -2.36. The molecule has 20 heavy (non-hydrogen) atoms. The summed E-state index contributed by atoms with van der Waals surface area (Å²) in [6, 6.07) is 0. The second-order valence-electron chi connectivity index (χ2n) is 6.40. The van der Waals surface area contributed by atoms with Crippen molar-refractivity contribution in [2.24, 2.45) is 10.9 Å². The number of thioether (sulfide) groups is 1. The Morgan fingerprint density at radius 2 is 2.25 bits per heavy atom. The molecule has 2 rings (SSSR count). The van der Waals surface area contributed by atoms with E-state index in [4.69, 9.17) is 9.73 Å². The third kappa shape index (κ3) is 4.96. The van der Waals surface area contributed by atoms with E-state index < -0.39 is 0 Å². The largest absolute Gasteiger partial charge is 0.381 e. The van der Waals surface area contributed by atoms with Gasteiger partial charge in [-0.05, 0) is 31.6 Å². The fourth-order valence-electron chi connectivity index (χ4n) is 3.19. The monoisotopic (exact) mass is 298 g/mol. The van der Waals surface area contributed by atoms with Gasteiger partial charge in [0.25, 0.3) is 0 Å². The Labute approximate surface area is 128 Å². The standard InChI is InChI=1S/C16H30N2OS/c1-3-4-10-19-11-6-9-17-15-18-16(13-20-15)8-5-7-14(2)12-16/h14H,3-13H2,1-2H3,(H,17,18). The van der Waals surface area contributed by atoms with Crippen molar-refractivity contribution in [3.63, 3.8) is 0 Å². The van der Waals surface area contributed by atoms with Crippen LogP contribution in [0.5, 0.6) is 0 Å². The number of hydrogen-bond acceptors (Lipinski definition) is 3. The molecular weight excluding hydrogens is 268 g/mol. The molecule has 1 aliphatic carbocycles. The van der Waals surface area contributed by atoms with Gasteiger partial charge in [-0.3, -0.25) is 4.99 Å². The average molecular weight is 298 g/mol. The van der Waals surface area contributed by atoms with Crippen molar-refractivity contribution in [1.29, 1.82) is 0 Å². The van der Waals surface area contributed by atoms with Crippen molar-refractivity contribution in [1.82, 2.24) is 5.32 Å². The van der Waals surface area contributed by atoms with Gasteiger partial charge in [0.05, 0.1) is 0 Å². The summed E-state index contributed by atoms with van der Waals surface area (Å²) in [6.07, 6.45) is 8.83. The SMILES string of the molecule is CCCCOCCCN=C1NC2(CCCC(C)C2)CS1. The van der Waals surface area contributed by atoms with E-state index in [1.807, 2.05) is 11.8 Å². The quantitative estimate of drug-likeness (QED) is 0.725. The Morgan fingerprint density at radius 1 is 1.40 bits per heavy atom. The fraction of sp³-hybridized carbons (Fsp3) is 0.938. The second-order valence-corrected chi connectivity index (χ2v) is 7.37. The van der Waals surface area contributed by atoms with Crippen molar-refractivity contribution < 1.29 is 4.74 Å². The molecule has 2 unspecified atom stereocenters. The number of unbranched alkanes of at least 4 members (excludes halogenated alkanes) is 1. The Bertz CT molecular complexity index is 322. The molecule has 1 N–H and O–H groups in total. The van der Waals surface area contributed by atoms with E-state index in [9.17, 15) is 0 Å². The van der Waals surface area contributed by atoms with Crippen LogP contribution in [0.25, 0.3) is 0 Å². The number of nitrogens with one attached hydrogen (secondary N) is 1. The molecule has 3 nitrogen and oxygen atoms in total. The summed E-state index contributed by atoms with van der Waals surface area (Å²) >= 11 is 1.92. The lowest BCUT2D eigenvalue weighted by atomic mass is 9.78. The molecule has 1 heterocycles. The summed E-state index contributed by atoms with van der Waals surface area (Å²) in [6.45, 7) is 7.23. The zero-order valence-electron chi connectivity index (χ0n) is 13.1. The topological polar surface area (TPSA) is 33.6 Å². The summed E-state index contributed by atoms with van der Waals surface area (Å²) in [5.74, 6) is 2.08. The second kappa shape index (κ2) is 8.28. The van der Waals surface area contributed by atoms with Crippen LogP contribution in [-0.2, 0) is 4.74 Å². The van der Waals surface area contributed by atoms with Crippen molar-refractivity contribution in [3.05, 3.63) is 0 Å². The minimum absolute atomic E-state index is 0.360. The van der Waals surface area contributed by atoms with E-state index in [0.29, 0.717) is 5.54 Å². The average Bonchev–Trinajstić information content (AvgIpc) is 2.80. The molecule has 0 bridgehead atoms.